The minimum absolute atomic E-state index is 0.206. The number of hydrogen-bond acceptors (Lipinski definition) is 1. The third kappa shape index (κ3) is 6.27. The van der Waals surface area contributed by atoms with Crippen molar-refractivity contribution in [2.75, 3.05) is 0 Å². The molecule has 0 saturated carbocycles. The summed E-state index contributed by atoms with van der Waals surface area (Å²) in [5, 5.41) is 0. The fourth-order valence-corrected chi connectivity index (χ4v) is 2.96. The minimum Gasteiger partial charge on any atom is -0.303 e. The maximum absolute atomic E-state index is 10.6. The van der Waals surface area contributed by atoms with Gasteiger partial charge in [-0.2, -0.15) is 0 Å². The molecule has 0 aliphatic rings. The highest BCUT2D eigenvalue weighted by Crippen LogP contribution is 2.27. The van der Waals surface area contributed by atoms with E-state index in [-0.39, 0.29) is 15.1 Å². The molecule has 0 aromatic rings. The number of carbonyl (C=O) groups is 1. The van der Waals surface area contributed by atoms with Gasteiger partial charge in [0.15, 0.2) is 0 Å². The first-order chi connectivity index (χ1) is 5.37. The van der Waals surface area contributed by atoms with E-state index < -0.39 is 0 Å². The van der Waals surface area contributed by atoms with E-state index >= 15 is 0 Å². The first-order valence-corrected chi connectivity index (χ1v) is 5.55. The summed E-state index contributed by atoms with van der Waals surface area (Å²) in [5.74, 6) is 0. The first-order valence-electron chi connectivity index (χ1n) is 3.76. The Labute approximate surface area is 91.9 Å². The molecule has 0 rings (SSSR count). The SMILES string of the molecule is CC(C)(C=O)CC(Br)CC(Cl)Cl. The van der Waals surface area contributed by atoms with E-state index in [2.05, 4.69) is 15.9 Å². The molecule has 1 unspecified atom stereocenters. The van der Waals surface area contributed by atoms with Gasteiger partial charge in [0.1, 0.15) is 11.1 Å². The number of alkyl halides is 3. The predicted molar refractivity (Wildman–Crippen MR) is 57.3 cm³/mol. The molecule has 0 radical (unpaired) electrons. The van der Waals surface area contributed by atoms with Crippen molar-refractivity contribution in [3.8, 4) is 0 Å². The molecule has 0 N–H and O–H groups in total. The third-order valence-electron chi connectivity index (χ3n) is 1.50. The normalized spacial score (nSPS) is 14.8. The van der Waals surface area contributed by atoms with Crippen molar-refractivity contribution >= 4 is 45.4 Å². The molecule has 0 bridgehead atoms. The Bertz CT molecular complexity index is 148. The Balaban J connectivity index is 3.83. The van der Waals surface area contributed by atoms with Crippen molar-refractivity contribution < 1.29 is 4.79 Å². The van der Waals surface area contributed by atoms with Crippen LogP contribution in [-0.4, -0.2) is 15.9 Å². The summed E-state index contributed by atoms with van der Waals surface area (Å²) in [6.07, 6.45) is 2.38. The summed E-state index contributed by atoms with van der Waals surface area (Å²) in [6.45, 7) is 3.79. The second-order valence-electron chi connectivity index (χ2n) is 3.53. The van der Waals surface area contributed by atoms with Gasteiger partial charge in [-0.05, 0) is 12.8 Å². The van der Waals surface area contributed by atoms with Gasteiger partial charge in [0.2, 0.25) is 0 Å². The van der Waals surface area contributed by atoms with E-state index in [1.807, 2.05) is 13.8 Å². The Morgan fingerprint density at radius 2 is 2.00 bits per heavy atom. The van der Waals surface area contributed by atoms with Crippen LogP contribution in [0, 0.1) is 5.41 Å². The van der Waals surface area contributed by atoms with Crippen LogP contribution in [0.3, 0.4) is 0 Å². The maximum atomic E-state index is 10.6. The zero-order valence-electron chi connectivity index (χ0n) is 7.19. The largest absolute Gasteiger partial charge is 0.303 e. The molecule has 0 aliphatic heterocycles. The number of halogens is 3. The van der Waals surface area contributed by atoms with Crippen molar-refractivity contribution in [1.29, 1.82) is 0 Å². The van der Waals surface area contributed by atoms with Gasteiger partial charge in [-0.15, -0.1) is 23.2 Å². The Hall–Kier alpha value is 0.730. The van der Waals surface area contributed by atoms with Gasteiger partial charge in [-0.3, -0.25) is 0 Å². The molecule has 0 aromatic carbocycles. The number of hydrogen-bond donors (Lipinski definition) is 0. The van der Waals surface area contributed by atoms with Gasteiger partial charge in [-0.25, -0.2) is 0 Å². The summed E-state index contributed by atoms with van der Waals surface area (Å²) in [5.41, 5.74) is -0.295. The lowest BCUT2D eigenvalue weighted by Crippen LogP contribution is -2.19. The fraction of sp³-hybridized carbons (Fsp3) is 0.875. The van der Waals surface area contributed by atoms with Crippen LogP contribution in [0.15, 0.2) is 0 Å². The molecule has 0 heterocycles. The summed E-state index contributed by atoms with van der Waals surface area (Å²) >= 11 is 14.6. The Morgan fingerprint density at radius 3 is 2.33 bits per heavy atom. The van der Waals surface area contributed by atoms with Gasteiger partial charge >= 0.3 is 0 Å². The molecule has 0 spiro atoms. The molecule has 0 amide bonds. The van der Waals surface area contributed by atoms with Gasteiger partial charge in [0.25, 0.3) is 0 Å². The van der Waals surface area contributed by atoms with Crippen LogP contribution in [-0.2, 0) is 4.79 Å². The van der Waals surface area contributed by atoms with Crippen LogP contribution in [0.1, 0.15) is 26.7 Å². The number of carbonyl (C=O) groups excluding carboxylic acids is 1. The Kier molecular flexibility index (Phi) is 5.79. The molecule has 0 aromatic heterocycles. The highest BCUT2D eigenvalue weighted by Gasteiger charge is 2.22. The molecule has 12 heavy (non-hydrogen) atoms. The van der Waals surface area contributed by atoms with E-state index in [4.69, 9.17) is 23.2 Å². The fourth-order valence-electron chi connectivity index (χ4n) is 0.896. The third-order valence-corrected chi connectivity index (χ3v) is 2.55. The molecular weight excluding hydrogens is 263 g/mol. The van der Waals surface area contributed by atoms with Crippen molar-refractivity contribution in [3.63, 3.8) is 0 Å². The molecule has 1 nitrogen and oxygen atoms in total. The highest BCUT2D eigenvalue weighted by molar-refractivity contribution is 9.09. The van der Waals surface area contributed by atoms with E-state index in [1.54, 1.807) is 0 Å². The quantitative estimate of drug-likeness (QED) is 0.554. The lowest BCUT2D eigenvalue weighted by Gasteiger charge is -2.20. The van der Waals surface area contributed by atoms with Crippen LogP contribution in [0.2, 0.25) is 0 Å². The molecule has 4 heteroatoms. The maximum Gasteiger partial charge on any atom is 0.125 e. The zero-order valence-corrected chi connectivity index (χ0v) is 10.3. The average Bonchev–Trinajstić information content (AvgIpc) is 1.84. The molecule has 0 aliphatic carbocycles. The van der Waals surface area contributed by atoms with Crippen molar-refractivity contribution in [1.82, 2.24) is 0 Å². The van der Waals surface area contributed by atoms with Crippen LogP contribution in [0.4, 0.5) is 0 Å². The van der Waals surface area contributed by atoms with Gasteiger partial charge in [-0.1, -0.05) is 29.8 Å². The summed E-state index contributed by atoms with van der Waals surface area (Å²) < 4.78 is 0. The average molecular weight is 276 g/mol. The summed E-state index contributed by atoms with van der Waals surface area (Å²) in [4.78, 5) is 10.4. The lowest BCUT2D eigenvalue weighted by molar-refractivity contribution is -0.114. The first kappa shape index (κ1) is 12.7. The standard InChI is InChI=1S/C8H13BrCl2O/c1-8(2,5-12)4-6(9)3-7(10)11/h5-7H,3-4H2,1-2H3. The van der Waals surface area contributed by atoms with Gasteiger partial charge < -0.3 is 4.79 Å². The van der Waals surface area contributed by atoms with Crippen molar-refractivity contribution in [3.05, 3.63) is 0 Å². The summed E-state index contributed by atoms with van der Waals surface area (Å²) in [6, 6.07) is 0. The van der Waals surface area contributed by atoms with Crippen LogP contribution in [0.25, 0.3) is 0 Å². The zero-order chi connectivity index (χ0) is 9.78. The lowest BCUT2D eigenvalue weighted by atomic mass is 9.89. The molecule has 72 valence electrons. The smallest absolute Gasteiger partial charge is 0.125 e. The van der Waals surface area contributed by atoms with Crippen LogP contribution >= 0.6 is 39.1 Å². The topological polar surface area (TPSA) is 17.1 Å². The summed E-state index contributed by atoms with van der Waals surface area (Å²) in [7, 11) is 0. The van der Waals surface area contributed by atoms with E-state index in [1.165, 1.54) is 0 Å². The number of rotatable bonds is 5. The van der Waals surface area contributed by atoms with Gasteiger partial charge in [0.05, 0.1) is 0 Å². The van der Waals surface area contributed by atoms with E-state index in [9.17, 15) is 4.79 Å². The van der Waals surface area contributed by atoms with Crippen molar-refractivity contribution in [2.45, 2.75) is 36.4 Å². The minimum atomic E-state index is -0.364. The molecule has 0 fully saturated rings. The van der Waals surface area contributed by atoms with Gasteiger partial charge in [0, 0.05) is 10.2 Å². The van der Waals surface area contributed by atoms with E-state index in [0.717, 1.165) is 12.7 Å². The van der Waals surface area contributed by atoms with Crippen LogP contribution < -0.4 is 0 Å². The molecule has 0 saturated heterocycles. The Morgan fingerprint density at radius 1 is 1.50 bits per heavy atom. The number of aldehydes is 1. The monoisotopic (exact) mass is 274 g/mol. The van der Waals surface area contributed by atoms with Crippen molar-refractivity contribution in [2.24, 2.45) is 5.41 Å². The molecule has 1 atom stereocenters. The highest BCUT2D eigenvalue weighted by atomic mass is 79.9. The predicted octanol–water partition coefficient (Wildman–Crippen LogP) is 3.56. The molecular formula is C8H13BrCl2O. The second-order valence-corrected chi connectivity index (χ2v) is 6.11. The van der Waals surface area contributed by atoms with E-state index in [0.29, 0.717) is 6.42 Å². The second kappa shape index (κ2) is 5.46. The van der Waals surface area contributed by atoms with Crippen LogP contribution in [0.5, 0.6) is 0 Å².